The SMILES string of the molecule is COc1ccc(C(=O)NCCOc2ccc(F)cc2)cc1S(=O)(=O)NC1CCCC1. The van der Waals surface area contributed by atoms with E-state index >= 15 is 0 Å². The van der Waals surface area contributed by atoms with Crippen molar-refractivity contribution < 1.29 is 27.1 Å². The number of nitrogens with one attached hydrogen (secondary N) is 2. The Morgan fingerprint density at radius 2 is 1.83 bits per heavy atom. The minimum atomic E-state index is -3.82. The maximum atomic E-state index is 12.9. The molecule has 9 heteroatoms. The summed E-state index contributed by atoms with van der Waals surface area (Å²) < 4.78 is 51.8. The summed E-state index contributed by atoms with van der Waals surface area (Å²) in [5, 5.41) is 2.68. The number of sulfonamides is 1. The number of carbonyl (C=O) groups is 1. The third-order valence-corrected chi connectivity index (χ3v) is 6.40. The van der Waals surface area contributed by atoms with Crippen LogP contribution in [-0.2, 0) is 10.0 Å². The van der Waals surface area contributed by atoms with Crippen molar-refractivity contribution in [2.45, 2.75) is 36.6 Å². The molecule has 1 aliphatic rings. The van der Waals surface area contributed by atoms with Crippen molar-refractivity contribution in [3.8, 4) is 11.5 Å². The van der Waals surface area contributed by atoms with E-state index in [1.807, 2.05) is 0 Å². The van der Waals surface area contributed by atoms with E-state index < -0.39 is 15.9 Å². The molecule has 1 aliphatic carbocycles. The molecular weight excluding hydrogens is 411 g/mol. The Morgan fingerprint density at radius 3 is 2.50 bits per heavy atom. The van der Waals surface area contributed by atoms with Gasteiger partial charge in [-0.3, -0.25) is 4.79 Å². The first-order chi connectivity index (χ1) is 14.4. The molecule has 1 amide bonds. The second kappa shape index (κ2) is 9.90. The van der Waals surface area contributed by atoms with Gasteiger partial charge in [-0.05, 0) is 55.3 Å². The van der Waals surface area contributed by atoms with Crippen LogP contribution in [0.5, 0.6) is 11.5 Å². The van der Waals surface area contributed by atoms with E-state index in [1.54, 1.807) is 0 Å². The number of amides is 1. The van der Waals surface area contributed by atoms with Gasteiger partial charge in [0.05, 0.1) is 13.7 Å². The first-order valence-electron chi connectivity index (χ1n) is 9.76. The van der Waals surface area contributed by atoms with Gasteiger partial charge in [0.2, 0.25) is 10.0 Å². The third kappa shape index (κ3) is 5.70. The van der Waals surface area contributed by atoms with E-state index in [0.717, 1.165) is 25.7 Å². The van der Waals surface area contributed by atoms with Gasteiger partial charge in [0, 0.05) is 11.6 Å². The predicted octanol–water partition coefficient (Wildman–Crippen LogP) is 2.86. The van der Waals surface area contributed by atoms with E-state index in [9.17, 15) is 17.6 Å². The second-order valence-corrected chi connectivity index (χ2v) is 8.71. The molecule has 0 aliphatic heterocycles. The van der Waals surface area contributed by atoms with Crippen molar-refractivity contribution >= 4 is 15.9 Å². The zero-order valence-corrected chi connectivity index (χ0v) is 17.5. The first kappa shape index (κ1) is 22.0. The van der Waals surface area contributed by atoms with Gasteiger partial charge in [-0.25, -0.2) is 17.5 Å². The van der Waals surface area contributed by atoms with E-state index in [0.29, 0.717) is 5.75 Å². The van der Waals surface area contributed by atoms with Crippen molar-refractivity contribution in [3.05, 3.63) is 53.8 Å². The van der Waals surface area contributed by atoms with Gasteiger partial charge < -0.3 is 14.8 Å². The molecule has 0 unspecified atom stereocenters. The fraction of sp³-hybridized carbons (Fsp3) is 0.381. The largest absolute Gasteiger partial charge is 0.495 e. The highest BCUT2D eigenvalue weighted by molar-refractivity contribution is 7.89. The minimum Gasteiger partial charge on any atom is -0.495 e. The van der Waals surface area contributed by atoms with E-state index in [4.69, 9.17) is 9.47 Å². The van der Waals surface area contributed by atoms with E-state index in [1.165, 1.54) is 49.6 Å². The predicted molar refractivity (Wildman–Crippen MR) is 110 cm³/mol. The number of hydrogen-bond donors (Lipinski definition) is 2. The molecule has 30 heavy (non-hydrogen) atoms. The van der Waals surface area contributed by atoms with Crippen LogP contribution in [0.25, 0.3) is 0 Å². The Labute approximate surface area is 175 Å². The van der Waals surface area contributed by atoms with Gasteiger partial charge >= 0.3 is 0 Å². The van der Waals surface area contributed by atoms with Crippen molar-refractivity contribution in [1.29, 1.82) is 0 Å². The van der Waals surface area contributed by atoms with Crippen LogP contribution in [0.2, 0.25) is 0 Å². The number of benzene rings is 2. The molecule has 3 rings (SSSR count). The fourth-order valence-corrected chi connectivity index (χ4v) is 4.82. The number of ether oxygens (including phenoxy) is 2. The van der Waals surface area contributed by atoms with Gasteiger partial charge in [0.1, 0.15) is 28.8 Å². The number of carbonyl (C=O) groups excluding carboxylic acids is 1. The molecule has 1 fully saturated rings. The van der Waals surface area contributed by atoms with Gasteiger partial charge in [-0.15, -0.1) is 0 Å². The fourth-order valence-electron chi connectivity index (χ4n) is 3.32. The molecule has 0 heterocycles. The number of rotatable bonds is 9. The van der Waals surface area contributed by atoms with Gasteiger partial charge in [-0.2, -0.15) is 0 Å². The topological polar surface area (TPSA) is 93.7 Å². The smallest absolute Gasteiger partial charge is 0.251 e. The highest BCUT2D eigenvalue weighted by atomic mass is 32.2. The molecule has 1 saturated carbocycles. The highest BCUT2D eigenvalue weighted by Gasteiger charge is 2.26. The standard InChI is InChI=1S/C21H25FN2O5S/c1-28-19-11-6-15(14-20(19)30(26,27)24-17-4-2-3-5-17)21(25)23-12-13-29-18-9-7-16(22)8-10-18/h6-11,14,17,24H,2-5,12-13H2,1H3,(H,23,25). The second-order valence-electron chi connectivity index (χ2n) is 7.03. The lowest BCUT2D eigenvalue weighted by molar-refractivity contribution is 0.0946. The highest BCUT2D eigenvalue weighted by Crippen LogP contribution is 2.27. The Morgan fingerprint density at radius 1 is 1.13 bits per heavy atom. The molecule has 7 nitrogen and oxygen atoms in total. The van der Waals surface area contributed by atoms with Crippen molar-refractivity contribution in [2.75, 3.05) is 20.3 Å². The quantitative estimate of drug-likeness (QED) is 0.590. The van der Waals surface area contributed by atoms with Crippen molar-refractivity contribution in [2.24, 2.45) is 0 Å². The van der Waals surface area contributed by atoms with Crippen molar-refractivity contribution in [3.63, 3.8) is 0 Å². The summed E-state index contributed by atoms with van der Waals surface area (Å²) in [4.78, 5) is 12.4. The normalized spacial score (nSPS) is 14.5. The molecule has 0 radical (unpaired) electrons. The average Bonchev–Trinajstić information content (AvgIpc) is 3.24. The molecule has 2 N–H and O–H groups in total. The lowest BCUT2D eigenvalue weighted by atomic mass is 10.2. The Hall–Kier alpha value is -2.65. The first-order valence-corrected chi connectivity index (χ1v) is 11.2. The van der Waals surface area contributed by atoms with Gasteiger partial charge in [0.25, 0.3) is 5.91 Å². The maximum Gasteiger partial charge on any atom is 0.251 e. The van der Waals surface area contributed by atoms with Gasteiger partial charge in [-0.1, -0.05) is 12.8 Å². The van der Waals surface area contributed by atoms with Crippen LogP contribution < -0.4 is 19.5 Å². The lowest BCUT2D eigenvalue weighted by Gasteiger charge is -2.16. The lowest BCUT2D eigenvalue weighted by Crippen LogP contribution is -2.33. The number of hydrogen-bond acceptors (Lipinski definition) is 5. The number of halogens is 1. The minimum absolute atomic E-state index is 0.0629. The zero-order chi connectivity index (χ0) is 21.6. The average molecular weight is 437 g/mol. The van der Waals surface area contributed by atoms with Crippen LogP contribution >= 0.6 is 0 Å². The molecular formula is C21H25FN2O5S. The molecule has 0 aromatic heterocycles. The summed E-state index contributed by atoms with van der Waals surface area (Å²) >= 11 is 0. The summed E-state index contributed by atoms with van der Waals surface area (Å²) in [7, 11) is -2.43. The molecule has 2 aromatic carbocycles. The molecule has 0 bridgehead atoms. The summed E-state index contributed by atoms with van der Waals surface area (Å²) in [6, 6.07) is 9.74. The summed E-state index contributed by atoms with van der Waals surface area (Å²) in [6.45, 7) is 0.382. The Kier molecular flexibility index (Phi) is 7.28. The van der Waals surface area contributed by atoms with Crippen LogP contribution in [0.1, 0.15) is 36.0 Å². The van der Waals surface area contributed by atoms with Crippen molar-refractivity contribution in [1.82, 2.24) is 10.0 Å². The number of methoxy groups -OCH3 is 1. The zero-order valence-electron chi connectivity index (χ0n) is 16.7. The van der Waals surface area contributed by atoms with E-state index in [2.05, 4.69) is 10.0 Å². The summed E-state index contributed by atoms with van der Waals surface area (Å²) in [6.07, 6.45) is 3.59. The maximum absolute atomic E-state index is 12.9. The molecule has 0 saturated heterocycles. The van der Waals surface area contributed by atoms with Crippen LogP contribution in [-0.4, -0.2) is 40.6 Å². The summed E-state index contributed by atoms with van der Waals surface area (Å²) in [5.74, 6) is -0.126. The van der Waals surface area contributed by atoms with Crippen LogP contribution in [0.4, 0.5) is 4.39 Å². The van der Waals surface area contributed by atoms with Crippen LogP contribution in [0.3, 0.4) is 0 Å². The molecule has 0 atom stereocenters. The van der Waals surface area contributed by atoms with Gasteiger partial charge in [0.15, 0.2) is 0 Å². The Balaban J connectivity index is 1.62. The Bertz CT molecular complexity index is 973. The van der Waals surface area contributed by atoms with Crippen LogP contribution in [0.15, 0.2) is 47.4 Å². The molecule has 2 aromatic rings. The van der Waals surface area contributed by atoms with Crippen LogP contribution in [0, 0.1) is 5.82 Å². The third-order valence-electron chi connectivity index (χ3n) is 4.86. The molecule has 162 valence electrons. The monoisotopic (exact) mass is 436 g/mol. The molecule has 0 spiro atoms. The van der Waals surface area contributed by atoms with E-state index in [-0.39, 0.29) is 41.2 Å². The summed E-state index contributed by atoms with van der Waals surface area (Å²) in [5.41, 5.74) is 0.198.